The van der Waals surface area contributed by atoms with Crippen LogP contribution in [0.3, 0.4) is 0 Å². The molecule has 0 aliphatic rings. The van der Waals surface area contributed by atoms with Crippen molar-refractivity contribution in [3.8, 4) is 11.5 Å². The molecule has 0 unspecified atom stereocenters. The van der Waals surface area contributed by atoms with Crippen molar-refractivity contribution in [1.29, 1.82) is 0 Å². The first kappa shape index (κ1) is 14.8. The molecule has 1 aromatic carbocycles. The lowest BCUT2D eigenvalue weighted by molar-refractivity contribution is 0.104. The SMILES string of the molecule is CCNCC(C)(C)Oc1ccc(CC)cc1OC. The molecule has 3 heteroatoms. The average Bonchev–Trinajstić information content (AvgIpc) is 2.36. The van der Waals surface area contributed by atoms with Crippen LogP contribution in [0.25, 0.3) is 0 Å². The van der Waals surface area contributed by atoms with E-state index < -0.39 is 0 Å². The number of aryl methyl sites for hydroxylation is 1. The summed E-state index contributed by atoms with van der Waals surface area (Å²) in [6, 6.07) is 6.12. The highest BCUT2D eigenvalue weighted by atomic mass is 16.5. The van der Waals surface area contributed by atoms with Gasteiger partial charge in [0.2, 0.25) is 0 Å². The molecule has 0 fully saturated rings. The summed E-state index contributed by atoms with van der Waals surface area (Å²) < 4.78 is 11.4. The van der Waals surface area contributed by atoms with Gasteiger partial charge in [-0.25, -0.2) is 0 Å². The molecule has 0 heterocycles. The third-order valence-corrected chi connectivity index (χ3v) is 2.82. The van der Waals surface area contributed by atoms with Crippen molar-refractivity contribution in [3.63, 3.8) is 0 Å². The lowest BCUT2D eigenvalue weighted by Crippen LogP contribution is -2.40. The predicted octanol–water partition coefficient (Wildman–Crippen LogP) is 3.02. The summed E-state index contributed by atoms with van der Waals surface area (Å²) >= 11 is 0. The molecule has 1 N–H and O–H groups in total. The molecule has 0 radical (unpaired) electrons. The maximum atomic E-state index is 6.04. The first-order chi connectivity index (χ1) is 8.52. The van der Waals surface area contributed by atoms with Crippen molar-refractivity contribution in [2.24, 2.45) is 0 Å². The van der Waals surface area contributed by atoms with Gasteiger partial charge in [-0.15, -0.1) is 0 Å². The fourth-order valence-corrected chi connectivity index (χ4v) is 1.78. The molecule has 0 saturated carbocycles. The summed E-state index contributed by atoms with van der Waals surface area (Å²) in [4.78, 5) is 0. The number of likely N-dealkylation sites (N-methyl/N-ethyl adjacent to an activating group) is 1. The number of benzene rings is 1. The van der Waals surface area contributed by atoms with Gasteiger partial charge in [-0.3, -0.25) is 0 Å². The van der Waals surface area contributed by atoms with E-state index in [4.69, 9.17) is 9.47 Å². The molecule has 0 saturated heterocycles. The Morgan fingerprint density at radius 2 is 1.89 bits per heavy atom. The summed E-state index contributed by atoms with van der Waals surface area (Å²) in [6.07, 6.45) is 0.997. The van der Waals surface area contributed by atoms with Gasteiger partial charge in [0, 0.05) is 6.54 Å². The third-order valence-electron chi connectivity index (χ3n) is 2.82. The van der Waals surface area contributed by atoms with Crippen molar-refractivity contribution in [3.05, 3.63) is 23.8 Å². The topological polar surface area (TPSA) is 30.5 Å². The van der Waals surface area contributed by atoms with Crippen LogP contribution in [-0.2, 0) is 6.42 Å². The van der Waals surface area contributed by atoms with Crippen LogP contribution in [0.15, 0.2) is 18.2 Å². The molecule has 0 aromatic heterocycles. The Hall–Kier alpha value is -1.22. The Morgan fingerprint density at radius 3 is 2.44 bits per heavy atom. The van der Waals surface area contributed by atoms with E-state index in [1.54, 1.807) is 7.11 Å². The molecule has 1 rings (SSSR count). The Labute approximate surface area is 110 Å². The van der Waals surface area contributed by atoms with E-state index in [0.29, 0.717) is 0 Å². The van der Waals surface area contributed by atoms with E-state index in [0.717, 1.165) is 31.0 Å². The molecule has 0 amide bonds. The molecule has 0 atom stereocenters. The van der Waals surface area contributed by atoms with Gasteiger partial charge < -0.3 is 14.8 Å². The van der Waals surface area contributed by atoms with Crippen LogP contribution in [-0.4, -0.2) is 25.8 Å². The number of methoxy groups -OCH3 is 1. The van der Waals surface area contributed by atoms with Gasteiger partial charge in [-0.05, 0) is 44.5 Å². The standard InChI is InChI=1S/C15H25NO2/c1-6-12-8-9-13(14(10-12)17-5)18-15(3,4)11-16-7-2/h8-10,16H,6-7,11H2,1-5H3. The maximum Gasteiger partial charge on any atom is 0.162 e. The van der Waals surface area contributed by atoms with Gasteiger partial charge in [0.05, 0.1) is 7.11 Å². The molecular weight excluding hydrogens is 226 g/mol. The first-order valence-electron chi connectivity index (χ1n) is 6.59. The van der Waals surface area contributed by atoms with E-state index in [-0.39, 0.29) is 5.60 Å². The molecule has 1 aromatic rings. The zero-order valence-corrected chi connectivity index (χ0v) is 12.2. The smallest absolute Gasteiger partial charge is 0.162 e. The Kier molecular flexibility index (Phi) is 5.48. The van der Waals surface area contributed by atoms with Crippen LogP contribution in [0.2, 0.25) is 0 Å². The number of rotatable bonds is 7. The highest BCUT2D eigenvalue weighted by Gasteiger charge is 2.21. The molecule has 0 spiro atoms. The van der Waals surface area contributed by atoms with Crippen LogP contribution in [0.1, 0.15) is 33.3 Å². The van der Waals surface area contributed by atoms with Gasteiger partial charge in [0.15, 0.2) is 11.5 Å². The van der Waals surface area contributed by atoms with Gasteiger partial charge in [0.25, 0.3) is 0 Å². The minimum atomic E-state index is -0.253. The molecular formula is C15H25NO2. The van der Waals surface area contributed by atoms with E-state index in [1.807, 2.05) is 12.1 Å². The normalized spacial score (nSPS) is 11.4. The largest absolute Gasteiger partial charge is 0.493 e. The monoisotopic (exact) mass is 251 g/mol. The van der Waals surface area contributed by atoms with E-state index in [2.05, 4.69) is 39.1 Å². The van der Waals surface area contributed by atoms with Crippen molar-refractivity contribution < 1.29 is 9.47 Å². The number of ether oxygens (including phenoxy) is 2. The molecule has 0 aliphatic heterocycles. The van der Waals surface area contributed by atoms with E-state index in [9.17, 15) is 0 Å². The first-order valence-corrected chi connectivity index (χ1v) is 6.59. The summed E-state index contributed by atoms with van der Waals surface area (Å²) in [5, 5.41) is 3.30. The summed E-state index contributed by atoms with van der Waals surface area (Å²) in [6.45, 7) is 10.1. The summed E-state index contributed by atoms with van der Waals surface area (Å²) in [5.41, 5.74) is 1.00. The Balaban J connectivity index is 2.82. The van der Waals surface area contributed by atoms with Crippen LogP contribution >= 0.6 is 0 Å². The van der Waals surface area contributed by atoms with E-state index in [1.165, 1.54) is 5.56 Å². The highest BCUT2D eigenvalue weighted by Crippen LogP contribution is 2.31. The molecule has 18 heavy (non-hydrogen) atoms. The minimum absolute atomic E-state index is 0.253. The minimum Gasteiger partial charge on any atom is -0.493 e. The second-order valence-corrected chi connectivity index (χ2v) is 4.98. The zero-order valence-electron chi connectivity index (χ0n) is 12.2. The number of hydrogen-bond donors (Lipinski definition) is 1. The third kappa shape index (κ3) is 4.22. The second-order valence-electron chi connectivity index (χ2n) is 4.98. The quantitative estimate of drug-likeness (QED) is 0.808. The lowest BCUT2D eigenvalue weighted by atomic mass is 10.1. The zero-order chi connectivity index (χ0) is 13.6. The van der Waals surface area contributed by atoms with E-state index >= 15 is 0 Å². The highest BCUT2D eigenvalue weighted by molar-refractivity contribution is 5.43. The summed E-state index contributed by atoms with van der Waals surface area (Å²) in [5.74, 6) is 1.61. The molecule has 0 bridgehead atoms. The van der Waals surface area contributed by atoms with Crippen LogP contribution in [0.5, 0.6) is 11.5 Å². The summed E-state index contributed by atoms with van der Waals surface area (Å²) in [7, 11) is 1.68. The van der Waals surface area contributed by atoms with Gasteiger partial charge >= 0.3 is 0 Å². The number of hydrogen-bond acceptors (Lipinski definition) is 3. The fraction of sp³-hybridized carbons (Fsp3) is 0.600. The van der Waals surface area contributed by atoms with Crippen molar-refractivity contribution in [2.75, 3.05) is 20.2 Å². The van der Waals surface area contributed by atoms with Crippen LogP contribution < -0.4 is 14.8 Å². The Morgan fingerprint density at radius 1 is 1.17 bits per heavy atom. The second kappa shape index (κ2) is 6.64. The molecule has 102 valence electrons. The average molecular weight is 251 g/mol. The lowest BCUT2D eigenvalue weighted by Gasteiger charge is -2.27. The fourth-order valence-electron chi connectivity index (χ4n) is 1.78. The molecule has 3 nitrogen and oxygen atoms in total. The van der Waals surface area contributed by atoms with Crippen molar-refractivity contribution in [2.45, 2.75) is 39.7 Å². The van der Waals surface area contributed by atoms with Gasteiger partial charge in [-0.2, -0.15) is 0 Å². The number of nitrogens with one attached hydrogen (secondary N) is 1. The van der Waals surface area contributed by atoms with Gasteiger partial charge in [0.1, 0.15) is 5.60 Å². The Bertz CT molecular complexity index is 375. The van der Waals surface area contributed by atoms with Gasteiger partial charge in [-0.1, -0.05) is 19.9 Å². The maximum absolute atomic E-state index is 6.04. The van der Waals surface area contributed by atoms with Crippen LogP contribution in [0.4, 0.5) is 0 Å². The predicted molar refractivity (Wildman–Crippen MR) is 75.6 cm³/mol. The van der Waals surface area contributed by atoms with Crippen molar-refractivity contribution >= 4 is 0 Å². The molecule has 0 aliphatic carbocycles. The van der Waals surface area contributed by atoms with Crippen LogP contribution in [0, 0.1) is 0 Å². The van der Waals surface area contributed by atoms with Crippen molar-refractivity contribution in [1.82, 2.24) is 5.32 Å².